The Bertz CT molecular complexity index is 689. The molecule has 0 aromatic heterocycles. The maximum Gasteiger partial charge on any atom is 0.231 e. The van der Waals surface area contributed by atoms with E-state index in [9.17, 15) is 9.59 Å². The number of hydrogen-bond donors (Lipinski definition) is 1. The fraction of sp³-hybridized carbons (Fsp3) is 0.579. The Morgan fingerprint density at radius 2 is 1.68 bits per heavy atom. The van der Waals surface area contributed by atoms with Crippen molar-refractivity contribution >= 4 is 29.3 Å². The van der Waals surface area contributed by atoms with E-state index in [4.69, 9.17) is 4.74 Å². The number of nitrogens with one attached hydrogen (secondary N) is 1. The second kappa shape index (κ2) is 5.94. The maximum atomic E-state index is 12.9. The topological polar surface area (TPSA) is 58.6 Å². The first-order valence-corrected chi connectivity index (χ1v) is 10.0. The van der Waals surface area contributed by atoms with E-state index in [2.05, 4.69) is 5.32 Å². The molecule has 0 radical (unpaired) electrons. The van der Waals surface area contributed by atoms with Crippen LogP contribution < -0.4 is 10.1 Å². The van der Waals surface area contributed by atoms with Crippen LogP contribution in [0.25, 0.3) is 0 Å². The van der Waals surface area contributed by atoms with Crippen molar-refractivity contribution in [3.63, 3.8) is 0 Å². The van der Waals surface area contributed by atoms with Crippen LogP contribution in [0.4, 0.5) is 5.69 Å². The van der Waals surface area contributed by atoms with Crippen molar-refractivity contribution in [1.29, 1.82) is 0 Å². The number of thioether (sulfide) groups is 1. The van der Waals surface area contributed by atoms with E-state index in [1.807, 2.05) is 36.0 Å². The van der Waals surface area contributed by atoms with E-state index in [0.717, 1.165) is 48.6 Å². The van der Waals surface area contributed by atoms with Crippen molar-refractivity contribution in [3.05, 3.63) is 24.3 Å². The lowest BCUT2D eigenvalue weighted by Crippen LogP contribution is -2.42. The first kappa shape index (κ1) is 16.8. The number of ether oxygens (including phenoxy) is 1. The standard InChI is InChI=1S/C19H24N2O3S/c1-21(2)17(23)19(9-10-19)18(7-8-18)16(22)20-13-3-5-14(6-4-13)24-15-11-25-12-15/h3-6,15H,7-12H2,1-2H3,(H,20,22). The van der Waals surface area contributed by atoms with Crippen LogP contribution in [0.2, 0.25) is 0 Å². The van der Waals surface area contributed by atoms with Crippen LogP contribution in [0.5, 0.6) is 5.75 Å². The monoisotopic (exact) mass is 360 g/mol. The van der Waals surface area contributed by atoms with Gasteiger partial charge in [0.2, 0.25) is 11.8 Å². The number of nitrogens with zero attached hydrogens (tertiary/aromatic N) is 1. The van der Waals surface area contributed by atoms with Gasteiger partial charge in [0.05, 0.1) is 10.8 Å². The van der Waals surface area contributed by atoms with Crippen LogP contribution in [-0.4, -0.2) is 48.4 Å². The molecule has 2 saturated carbocycles. The summed E-state index contributed by atoms with van der Waals surface area (Å²) < 4.78 is 5.83. The van der Waals surface area contributed by atoms with Crippen LogP contribution in [-0.2, 0) is 9.59 Å². The van der Waals surface area contributed by atoms with E-state index < -0.39 is 10.8 Å². The number of rotatable bonds is 6. The predicted octanol–water partition coefficient (Wildman–Crippen LogP) is 2.77. The number of anilines is 1. The van der Waals surface area contributed by atoms with Crippen molar-refractivity contribution in [2.45, 2.75) is 31.8 Å². The molecule has 4 rings (SSSR count). The highest BCUT2D eigenvalue weighted by atomic mass is 32.2. The highest BCUT2D eigenvalue weighted by Gasteiger charge is 2.73. The summed E-state index contributed by atoms with van der Waals surface area (Å²) in [7, 11) is 3.55. The van der Waals surface area contributed by atoms with Gasteiger partial charge in [-0.3, -0.25) is 9.59 Å². The van der Waals surface area contributed by atoms with Crippen molar-refractivity contribution in [1.82, 2.24) is 4.90 Å². The Labute approximate surface area is 152 Å². The van der Waals surface area contributed by atoms with Crippen molar-refractivity contribution in [3.8, 4) is 5.75 Å². The number of benzene rings is 1. The molecule has 0 atom stereocenters. The largest absolute Gasteiger partial charge is 0.489 e. The van der Waals surface area contributed by atoms with Gasteiger partial charge in [-0.15, -0.1) is 0 Å². The predicted molar refractivity (Wildman–Crippen MR) is 98.8 cm³/mol. The summed E-state index contributed by atoms with van der Waals surface area (Å²) in [5, 5.41) is 3.02. The van der Waals surface area contributed by atoms with Gasteiger partial charge in [0.1, 0.15) is 11.9 Å². The number of carbonyl (C=O) groups excluding carboxylic acids is 2. The average Bonchev–Trinajstić information content (AvgIpc) is 3.44. The Hall–Kier alpha value is -1.69. The van der Waals surface area contributed by atoms with Crippen LogP contribution in [0, 0.1) is 10.8 Å². The Morgan fingerprint density at radius 3 is 2.12 bits per heavy atom. The molecule has 2 aliphatic carbocycles. The van der Waals surface area contributed by atoms with E-state index in [1.54, 1.807) is 19.0 Å². The lowest BCUT2D eigenvalue weighted by atomic mass is 9.83. The molecule has 0 spiro atoms. The SMILES string of the molecule is CN(C)C(=O)C1(C2(C(=O)Nc3ccc(OC4CSC4)cc3)CC2)CC1. The molecule has 25 heavy (non-hydrogen) atoms. The lowest BCUT2D eigenvalue weighted by Gasteiger charge is -2.28. The summed E-state index contributed by atoms with van der Waals surface area (Å²) >= 11 is 1.89. The van der Waals surface area contributed by atoms with Gasteiger partial charge in [-0.2, -0.15) is 11.8 Å². The molecule has 5 nitrogen and oxygen atoms in total. The second-order valence-electron chi connectivity index (χ2n) is 7.62. The molecule has 3 aliphatic rings. The maximum absolute atomic E-state index is 12.9. The molecule has 3 fully saturated rings. The molecule has 1 aliphatic heterocycles. The minimum absolute atomic E-state index is 0.00994. The number of carbonyl (C=O) groups is 2. The van der Waals surface area contributed by atoms with Crippen molar-refractivity contribution in [2.75, 3.05) is 30.9 Å². The number of hydrogen-bond acceptors (Lipinski definition) is 4. The first-order chi connectivity index (χ1) is 12.0. The summed E-state index contributed by atoms with van der Waals surface area (Å²) in [6, 6.07) is 7.55. The summed E-state index contributed by atoms with van der Waals surface area (Å²) in [5.74, 6) is 3.02. The quantitative estimate of drug-likeness (QED) is 0.847. The van der Waals surface area contributed by atoms with E-state index in [0.29, 0.717) is 6.10 Å². The molecule has 1 aromatic rings. The van der Waals surface area contributed by atoms with Gasteiger partial charge >= 0.3 is 0 Å². The smallest absolute Gasteiger partial charge is 0.231 e. The highest BCUT2D eigenvalue weighted by molar-refractivity contribution is 8.00. The molecule has 1 saturated heterocycles. The van der Waals surface area contributed by atoms with Crippen LogP contribution in [0.3, 0.4) is 0 Å². The molecule has 2 amide bonds. The summed E-state index contributed by atoms with van der Waals surface area (Å²) in [5.41, 5.74) is -0.210. The van der Waals surface area contributed by atoms with Gasteiger partial charge in [0, 0.05) is 31.3 Å². The van der Waals surface area contributed by atoms with Gasteiger partial charge in [0.25, 0.3) is 0 Å². The average molecular weight is 360 g/mol. The third-order valence-corrected chi connectivity index (χ3v) is 6.90. The van der Waals surface area contributed by atoms with Crippen LogP contribution in [0.15, 0.2) is 24.3 Å². The highest BCUT2D eigenvalue weighted by Crippen LogP contribution is 2.71. The molecule has 1 N–H and O–H groups in total. The minimum atomic E-state index is -0.507. The van der Waals surface area contributed by atoms with E-state index in [1.165, 1.54) is 0 Å². The molecule has 134 valence electrons. The minimum Gasteiger partial charge on any atom is -0.489 e. The zero-order valence-corrected chi connectivity index (χ0v) is 15.5. The van der Waals surface area contributed by atoms with Gasteiger partial charge in [-0.25, -0.2) is 0 Å². The van der Waals surface area contributed by atoms with Crippen LogP contribution in [0.1, 0.15) is 25.7 Å². The molecule has 1 heterocycles. The third-order valence-electron chi connectivity index (χ3n) is 5.69. The van der Waals surface area contributed by atoms with Crippen molar-refractivity contribution in [2.24, 2.45) is 10.8 Å². The Balaban J connectivity index is 1.42. The van der Waals surface area contributed by atoms with E-state index >= 15 is 0 Å². The van der Waals surface area contributed by atoms with Crippen LogP contribution >= 0.6 is 11.8 Å². The molecule has 0 bridgehead atoms. The Kier molecular flexibility index (Phi) is 3.98. The summed E-state index contributed by atoms with van der Waals surface area (Å²) in [4.78, 5) is 27.1. The fourth-order valence-corrected chi connectivity index (χ4v) is 4.40. The van der Waals surface area contributed by atoms with Gasteiger partial charge in [-0.1, -0.05) is 0 Å². The number of amides is 2. The van der Waals surface area contributed by atoms with Gasteiger partial charge in [-0.05, 0) is 49.9 Å². The van der Waals surface area contributed by atoms with Gasteiger partial charge in [0.15, 0.2) is 0 Å². The van der Waals surface area contributed by atoms with Gasteiger partial charge < -0.3 is 15.0 Å². The Morgan fingerprint density at radius 1 is 1.08 bits per heavy atom. The van der Waals surface area contributed by atoms with E-state index in [-0.39, 0.29) is 11.8 Å². The van der Waals surface area contributed by atoms with Crippen molar-refractivity contribution < 1.29 is 14.3 Å². The molecular formula is C19H24N2O3S. The lowest BCUT2D eigenvalue weighted by molar-refractivity contribution is -0.141. The molecular weight excluding hydrogens is 336 g/mol. The first-order valence-electron chi connectivity index (χ1n) is 8.85. The molecule has 1 aromatic carbocycles. The summed E-state index contributed by atoms with van der Waals surface area (Å²) in [6.07, 6.45) is 3.57. The third kappa shape index (κ3) is 2.80. The zero-order chi connectivity index (χ0) is 17.7. The zero-order valence-electron chi connectivity index (χ0n) is 14.7. The normalized spacial score (nSPS) is 22.5. The molecule has 6 heteroatoms. The second-order valence-corrected chi connectivity index (χ2v) is 8.69. The summed E-state index contributed by atoms with van der Waals surface area (Å²) in [6.45, 7) is 0. The fourth-order valence-electron chi connectivity index (χ4n) is 3.84. The molecule has 0 unspecified atom stereocenters.